The predicted octanol–water partition coefficient (Wildman–Crippen LogP) is 4.39. The van der Waals surface area contributed by atoms with Crippen LogP contribution in [0.4, 0.5) is 4.39 Å². The molecule has 2 N–H and O–H groups in total. The van der Waals surface area contributed by atoms with Gasteiger partial charge in [0.05, 0.1) is 19.8 Å². The molecule has 186 valence electrons. The van der Waals surface area contributed by atoms with E-state index in [1.807, 2.05) is 31.2 Å². The molecule has 1 aliphatic heterocycles. The highest BCUT2D eigenvalue weighted by molar-refractivity contribution is 7.15. The Morgan fingerprint density at radius 2 is 1.86 bits per heavy atom. The van der Waals surface area contributed by atoms with Crippen molar-refractivity contribution in [1.82, 2.24) is 0 Å². The molecule has 0 amide bonds. The Balaban J connectivity index is 0.000000623. The van der Waals surface area contributed by atoms with Gasteiger partial charge >= 0.3 is 5.97 Å². The first kappa shape index (κ1) is 26.7. The second kappa shape index (κ2) is 12.2. The van der Waals surface area contributed by atoms with E-state index in [0.29, 0.717) is 0 Å². The first-order valence-electron chi connectivity index (χ1n) is 11.2. The van der Waals surface area contributed by atoms with Gasteiger partial charge in [0.15, 0.2) is 5.78 Å². The Hall–Kier alpha value is -2.91. The number of aliphatic hydroxyl groups excluding tert-OH is 2. The Kier molecular flexibility index (Phi) is 9.28. The van der Waals surface area contributed by atoms with Crippen LogP contribution in [0, 0.1) is 12.7 Å². The third-order valence-electron chi connectivity index (χ3n) is 5.76. The van der Waals surface area contributed by atoms with Crippen molar-refractivity contribution in [1.29, 1.82) is 0 Å². The van der Waals surface area contributed by atoms with Gasteiger partial charge in [0, 0.05) is 29.5 Å². The first-order valence-corrected chi connectivity index (χ1v) is 12.0. The summed E-state index contributed by atoms with van der Waals surface area (Å²) in [5.74, 6) is -0.957. The van der Waals surface area contributed by atoms with Gasteiger partial charge in [-0.25, -0.2) is 4.39 Å². The fourth-order valence-electron chi connectivity index (χ4n) is 3.71. The van der Waals surface area contributed by atoms with E-state index in [4.69, 9.17) is 4.74 Å². The van der Waals surface area contributed by atoms with E-state index in [1.165, 1.54) is 31.0 Å². The summed E-state index contributed by atoms with van der Waals surface area (Å²) in [4.78, 5) is 23.7. The molecule has 8 heteroatoms. The van der Waals surface area contributed by atoms with Crippen LogP contribution in [0.2, 0.25) is 0 Å². The van der Waals surface area contributed by atoms with E-state index in [-0.39, 0.29) is 18.2 Å². The van der Waals surface area contributed by atoms with Crippen molar-refractivity contribution in [2.75, 3.05) is 13.7 Å². The van der Waals surface area contributed by atoms with Crippen LogP contribution < -0.4 is 0 Å². The summed E-state index contributed by atoms with van der Waals surface area (Å²) in [6.45, 7) is 2.97. The van der Waals surface area contributed by atoms with E-state index in [9.17, 15) is 24.2 Å². The lowest BCUT2D eigenvalue weighted by molar-refractivity contribution is -0.161. The van der Waals surface area contributed by atoms with Gasteiger partial charge in [-0.1, -0.05) is 30.3 Å². The molecule has 1 aliphatic rings. The highest BCUT2D eigenvalue weighted by Crippen LogP contribution is 2.33. The maximum absolute atomic E-state index is 13.2. The van der Waals surface area contributed by atoms with Crippen LogP contribution in [0.1, 0.15) is 41.0 Å². The van der Waals surface area contributed by atoms with Gasteiger partial charge in [-0.3, -0.25) is 9.59 Å². The molecule has 6 nitrogen and oxygen atoms in total. The van der Waals surface area contributed by atoms with Gasteiger partial charge in [-0.15, -0.1) is 11.3 Å². The summed E-state index contributed by atoms with van der Waals surface area (Å²) in [6.07, 6.45) is -1.62. The molecular weight excluding hydrogens is 471 g/mol. The Morgan fingerprint density at radius 1 is 1.17 bits per heavy atom. The number of halogens is 1. The van der Waals surface area contributed by atoms with Gasteiger partial charge in [-0.05, 0) is 53.4 Å². The van der Waals surface area contributed by atoms with Crippen molar-refractivity contribution in [3.8, 4) is 10.4 Å². The minimum Gasteiger partial charge on any atom is -0.469 e. The summed E-state index contributed by atoms with van der Waals surface area (Å²) in [6, 6.07) is 16.6. The molecule has 2 heterocycles. The fourth-order valence-corrected chi connectivity index (χ4v) is 4.75. The standard InChI is InChI=1S/C24H23FO4S.C3H6O2/c1-14-2-3-16(21-12-20(27)24(28)22(13-26)29-21)10-17(14)11-19-8-9-23(30-19)15-4-6-18(25)7-5-15;1-3(4)5-2/h2-10,20-22,26-27H,11-13H2,1H3;1-2H3. The lowest BCUT2D eigenvalue weighted by Crippen LogP contribution is -2.43. The average molecular weight is 501 g/mol. The number of esters is 1. The molecule has 4 rings (SSSR count). The minimum atomic E-state index is -1.12. The van der Waals surface area contributed by atoms with E-state index in [0.717, 1.165) is 33.6 Å². The van der Waals surface area contributed by atoms with Gasteiger partial charge in [-0.2, -0.15) is 0 Å². The van der Waals surface area contributed by atoms with Crippen molar-refractivity contribution < 1.29 is 33.7 Å². The zero-order valence-electron chi connectivity index (χ0n) is 19.9. The Morgan fingerprint density at radius 3 is 2.49 bits per heavy atom. The number of aliphatic hydroxyl groups is 2. The zero-order valence-corrected chi connectivity index (χ0v) is 20.7. The molecule has 3 aromatic rings. The number of aryl methyl sites for hydroxylation is 1. The molecule has 2 aromatic carbocycles. The number of benzene rings is 2. The molecule has 1 aromatic heterocycles. The average Bonchev–Trinajstić information content (AvgIpc) is 3.31. The quantitative estimate of drug-likeness (QED) is 0.505. The predicted molar refractivity (Wildman–Crippen MR) is 132 cm³/mol. The highest BCUT2D eigenvalue weighted by atomic mass is 32.1. The molecule has 0 aliphatic carbocycles. The number of hydrogen-bond donors (Lipinski definition) is 2. The van der Waals surface area contributed by atoms with Crippen LogP contribution in [-0.2, 0) is 25.5 Å². The number of methoxy groups -OCH3 is 1. The van der Waals surface area contributed by atoms with E-state index in [2.05, 4.69) is 10.8 Å². The Bertz CT molecular complexity index is 1160. The van der Waals surface area contributed by atoms with Crippen molar-refractivity contribution in [2.24, 2.45) is 0 Å². The molecule has 0 saturated carbocycles. The largest absolute Gasteiger partial charge is 0.469 e. The normalized spacial score (nSPS) is 19.6. The number of carbonyl (C=O) groups excluding carboxylic acids is 2. The van der Waals surface area contributed by atoms with Gasteiger partial charge in [0.25, 0.3) is 0 Å². The van der Waals surface area contributed by atoms with Crippen molar-refractivity contribution in [2.45, 2.75) is 45.0 Å². The third-order valence-corrected chi connectivity index (χ3v) is 6.90. The topological polar surface area (TPSA) is 93.1 Å². The van der Waals surface area contributed by atoms with Gasteiger partial charge in [0.2, 0.25) is 0 Å². The lowest BCUT2D eigenvalue weighted by Gasteiger charge is -2.31. The van der Waals surface area contributed by atoms with Crippen LogP contribution in [0.3, 0.4) is 0 Å². The van der Waals surface area contributed by atoms with Crippen LogP contribution in [0.25, 0.3) is 10.4 Å². The van der Waals surface area contributed by atoms with Gasteiger partial charge in [0.1, 0.15) is 18.0 Å². The van der Waals surface area contributed by atoms with Crippen molar-refractivity contribution in [3.63, 3.8) is 0 Å². The van der Waals surface area contributed by atoms with Crippen molar-refractivity contribution >= 4 is 23.1 Å². The summed E-state index contributed by atoms with van der Waals surface area (Å²) in [7, 11) is 1.35. The van der Waals surface area contributed by atoms with Crippen molar-refractivity contribution in [3.05, 3.63) is 82.0 Å². The van der Waals surface area contributed by atoms with E-state index < -0.39 is 30.7 Å². The Labute approximate surface area is 208 Å². The molecule has 1 fully saturated rings. The second-order valence-corrected chi connectivity index (χ2v) is 9.45. The van der Waals surface area contributed by atoms with Crippen LogP contribution in [-0.4, -0.2) is 47.9 Å². The van der Waals surface area contributed by atoms with Crippen LogP contribution in [0.15, 0.2) is 54.6 Å². The molecule has 0 radical (unpaired) electrons. The van der Waals surface area contributed by atoms with E-state index in [1.54, 1.807) is 23.5 Å². The zero-order chi connectivity index (χ0) is 25.5. The summed E-state index contributed by atoms with van der Waals surface area (Å²) < 4.78 is 23.0. The van der Waals surface area contributed by atoms with Crippen LogP contribution >= 0.6 is 11.3 Å². The lowest BCUT2D eigenvalue weighted by atomic mass is 9.92. The highest BCUT2D eigenvalue weighted by Gasteiger charge is 2.36. The molecule has 0 spiro atoms. The summed E-state index contributed by atoms with van der Waals surface area (Å²) in [5.41, 5.74) is 4.15. The summed E-state index contributed by atoms with van der Waals surface area (Å²) in [5, 5.41) is 19.4. The monoisotopic (exact) mass is 500 g/mol. The molecular formula is C27H29FO6S. The molecule has 3 atom stereocenters. The maximum atomic E-state index is 13.2. The number of rotatable bonds is 5. The number of hydrogen-bond acceptors (Lipinski definition) is 7. The SMILES string of the molecule is COC(C)=O.Cc1ccc(C2CC(O)C(=O)C(CO)O2)cc1Cc1ccc(-c2ccc(F)cc2)s1. The van der Waals surface area contributed by atoms with Crippen LogP contribution in [0.5, 0.6) is 0 Å². The minimum absolute atomic E-state index is 0.186. The van der Waals surface area contributed by atoms with E-state index >= 15 is 0 Å². The smallest absolute Gasteiger partial charge is 0.302 e. The maximum Gasteiger partial charge on any atom is 0.302 e. The first-order chi connectivity index (χ1) is 16.7. The molecule has 0 bridgehead atoms. The van der Waals surface area contributed by atoms with Gasteiger partial charge < -0.3 is 19.7 Å². The number of ether oxygens (including phenoxy) is 2. The number of Topliss-reactive ketones (excluding diaryl/α,β-unsaturated/α-hetero) is 1. The number of thiophene rings is 1. The molecule has 3 unspecified atom stereocenters. The second-order valence-electron chi connectivity index (χ2n) is 8.28. The number of ketones is 1. The molecule has 35 heavy (non-hydrogen) atoms. The summed E-state index contributed by atoms with van der Waals surface area (Å²) >= 11 is 1.67. The third kappa shape index (κ3) is 7.05. The fraction of sp³-hybridized carbons (Fsp3) is 0.333. The number of carbonyl (C=O) groups is 2. The molecule has 1 saturated heterocycles.